The van der Waals surface area contributed by atoms with Gasteiger partial charge in [-0.15, -0.1) is 0 Å². The average molecular weight is 1010 g/mol. The number of hydrogen-bond acceptors (Lipinski definition) is 5. The molecule has 0 atom stereocenters. The molecule has 0 saturated carbocycles. The van der Waals surface area contributed by atoms with Crippen LogP contribution < -0.4 is 10.9 Å². The maximum absolute atomic E-state index is 13.5. The molecule has 0 radical (unpaired) electrons. The number of hydrogen-bond donors (Lipinski definition) is 3. The zero-order valence-electron chi connectivity index (χ0n) is 46.0. The monoisotopic (exact) mass is 1010 g/mol. The van der Waals surface area contributed by atoms with Crippen molar-refractivity contribution in [1.29, 1.82) is 0 Å². The van der Waals surface area contributed by atoms with Gasteiger partial charge in [0.2, 0.25) is 0 Å². The van der Waals surface area contributed by atoms with Gasteiger partial charge in [0.15, 0.2) is 10.9 Å². The number of fused-ring (bicyclic) bond motifs is 4. The molecule has 0 aliphatic heterocycles. The lowest BCUT2D eigenvalue weighted by Gasteiger charge is -2.22. The number of benzene rings is 4. The number of unbranched alkanes of at least 4 members (excludes halogenated alkanes) is 27. The molecule has 0 amide bonds. The summed E-state index contributed by atoms with van der Waals surface area (Å²) in [5, 5.41) is 20.8. The van der Waals surface area contributed by atoms with E-state index < -0.39 is 11.9 Å². The number of aromatic amines is 1. The van der Waals surface area contributed by atoms with Gasteiger partial charge in [-0.1, -0.05) is 218 Å². The third-order valence-corrected chi connectivity index (χ3v) is 15.1. The second kappa shape index (κ2) is 34.3. The maximum Gasteiger partial charge on any atom is 0.335 e. The number of rotatable bonds is 37. The van der Waals surface area contributed by atoms with Gasteiger partial charge in [0.1, 0.15) is 0 Å². The molecule has 0 saturated heterocycles. The number of H-pyrrole nitrogens is 1. The second-order valence-corrected chi connectivity index (χ2v) is 21.3. The third-order valence-electron chi connectivity index (χ3n) is 15.1. The molecule has 0 aliphatic rings. The van der Waals surface area contributed by atoms with E-state index in [-0.39, 0.29) is 28.5 Å². The molecule has 4 aromatic carbocycles. The maximum atomic E-state index is 13.5. The lowest BCUT2D eigenvalue weighted by Crippen LogP contribution is -2.27. The molecule has 0 aliphatic carbocycles. The predicted octanol–water partition coefficient (Wildman–Crippen LogP) is 17.6. The summed E-state index contributed by atoms with van der Waals surface area (Å²) in [4.78, 5) is 56.3. The summed E-state index contributed by atoms with van der Waals surface area (Å²) < 4.78 is 1.81. The Kier molecular flexibility index (Phi) is 27.6. The Bertz CT molecular complexity index is 2630. The summed E-state index contributed by atoms with van der Waals surface area (Å²) in [6.07, 6.45) is 43.6. The Morgan fingerprint density at radius 2 is 0.811 bits per heavy atom. The van der Waals surface area contributed by atoms with Crippen LogP contribution in [0.25, 0.3) is 43.6 Å². The van der Waals surface area contributed by atoms with Gasteiger partial charge in [-0.3, -0.25) is 9.59 Å². The van der Waals surface area contributed by atoms with Crippen molar-refractivity contribution in [1.82, 2.24) is 14.5 Å². The number of carboxylic acid groups (broad SMARTS) is 2. The van der Waals surface area contributed by atoms with Crippen molar-refractivity contribution in [2.24, 2.45) is 0 Å². The smallest absolute Gasteiger partial charge is 0.335 e. The summed E-state index contributed by atoms with van der Waals surface area (Å²) >= 11 is 0. The summed E-state index contributed by atoms with van der Waals surface area (Å²) in [7, 11) is 0. The van der Waals surface area contributed by atoms with E-state index in [1.165, 1.54) is 224 Å². The minimum Gasteiger partial charge on any atom is -0.478 e. The molecule has 0 unspecified atom stereocenters. The number of nitrogens with zero attached hydrogens (tertiary/aromatic N) is 2. The van der Waals surface area contributed by atoms with E-state index in [1.54, 1.807) is 54.6 Å². The molecule has 2 aromatic heterocycles. The van der Waals surface area contributed by atoms with Crippen molar-refractivity contribution in [2.45, 2.75) is 220 Å². The molecule has 2 heterocycles. The van der Waals surface area contributed by atoms with E-state index >= 15 is 0 Å². The fraction of sp³-hybridized carbons (Fsp3) is 0.569. The quantitative estimate of drug-likeness (QED) is 0.0261. The van der Waals surface area contributed by atoms with Crippen LogP contribution in [-0.2, 0) is 6.54 Å². The standard InChI is InChI=1S/C36H75N.C29H18N2O6/c1-4-7-10-13-16-19-22-25-28-31-34-37(35-32-29-26-23-20-17-14-11-8-5-2)36-33-30-27-24-21-18-15-12-9-6-3;32-26-18-5-1-3-7-22(18)30-23-12-21-25(13-20(23)26)31(24-8-4-2-6-19(24)27(21)33)14-15-9-16(28(34)35)11-17(10-15)29(36)37/h4-36H2,1-3H3;1-13H,14H2,(H,30,32)(H,34,35)(H,36,37). The Hall–Kier alpha value is -5.28. The fourth-order valence-corrected chi connectivity index (χ4v) is 10.7. The number of carbonyl (C=O) groups is 2. The van der Waals surface area contributed by atoms with Crippen molar-refractivity contribution in [3.8, 4) is 0 Å². The molecule has 6 aromatic rings. The summed E-state index contributed by atoms with van der Waals surface area (Å²) in [5.74, 6) is -2.49. The lowest BCUT2D eigenvalue weighted by atomic mass is 10.0. The third kappa shape index (κ3) is 19.8. The average Bonchev–Trinajstić information content (AvgIpc) is 3.41. The van der Waals surface area contributed by atoms with Crippen LogP contribution >= 0.6 is 0 Å². The van der Waals surface area contributed by atoms with Crippen molar-refractivity contribution in [3.63, 3.8) is 0 Å². The van der Waals surface area contributed by atoms with Gasteiger partial charge in [0.05, 0.1) is 27.7 Å². The van der Waals surface area contributed by atoms with E-state index in [4.69, 9.17) is 0 Å². The van der Waals surface area contributed by atoms with Crippen molar-refractivity contribution in [3.05, 3.63) is 116 Å². The Morgan fingerprint density at radius 3 is 1.26 bits per heavy atom. The first-order valence-electron chi connectivity index (χ1n) is 29.5. The van der Waals surface area contributed by atoms with E-state index in [2.05, 4.69) is 30.7 Å². The zero-order chi connectivity index (χ0) is 52.8. The highest BCUT2D eigenvalue weighted by Crippen LogP contribution is 2.26. The van der Waals surface area contributed by atoms with Gasteiger partial charge in [0.25, 0.3) is 0 Å². The van der Waals surface area contributed by atoms with E-state index in [9.17, 15) is 29.4 Å². The SMILES string of the molecule is CCCCCCCCCCCCN(CCCCCCCCCCCC)CCCCCCCCCCCC.O=C(O)c1cc(Cn2c3ccccc3c(=O)c3cc4[nH]c5ccccc5c(=O)c4cc32)cc(C(=O)O)c1. The first kappa shape index (κ1) is 59.6. The van der Waals surface area contributed by atoms with E-state index in [0.717, 1.165) is 6.07 Å². The molecule has 9 nitrogen and oxygen atoms in total. The highest BCUT2D eigenvalue weighted by molar-refractivity contribution is 6.03. The highest BCUT2D eigenvalue weighted by Gasteiger charge is 2.17. The molecular formula is C65H93N3O6. The molecule has 404 valence electrons. The largest absolute Gasteiger partial charge is 0.478 e. The van der Waals surface area contributed by atoms with Crippen molar-refractivity contribution in [2.75, 3.05) is 19.6 Å². The van der Waals surface area contributed by atoms with Crippen molar-refractivity contribution < 1.29 is 19.8 Å². The molecule has 6 rings (SSSR count). The van der Waals surface area contributed by atoms with Crippen LogP contribution in [-0.4, -0.2) is 56.2 Å². The van der Waals surface area contributed by atoms with Crippen LogP contribution in [0.5, 0.6) is 0 Å². The minimum absolute atomic E-state index is 0.0791. The highest BCUT2D eigenvalue weighted by atomic mass is 16.4. The zero-order valence-corrected chi connectivity index (χ0v) is 46.0. The Morgan fingerprint density at radius 1 is 0.419 bits per heavy atom. The number of carboxylic acids is 2. The minimum atomic E-state index is -1.25. The molecule has 0 fully saturated rings. The normalized spacial score (nSPS) is 11.6. The number of nitrogens with one attached hydrogen (secondary N) is 1. The van der Waals surface area contributed by atoms with Crippen LogP contribution in [0.1, 0.15) is 240 Å². The van der Waals surface area contributed by atoms with Gasteiger partial charge in [-0.2, -0.15) is 0 Å². The topological polar surface area (TPSA) is 133 Å². The molecule has 3 N–H and O–H groups in total. The summed E-state index contributed by atoms with van der Waals surface area (Å²) in [6, 6.07) is 21.4. The number of aromatic nitrogens is 2. The molecular weight excluding hydrogens is 919 g/mol. The number of para-hydroxylation sites is 2. The van der Waals surface area contributed by atoms with E-state index in [0.29, 0.717) is 49.2 Å². The fourth-order valence-electron chi connectivity index (χ4n) is 10.7. The number of pyridine rings is 2. The lowest BCUT2D eigenvalue weighted by molar-refractivity contribution is 0.0696. The first-order valence-corrected chi connectivity index (χ1v) is 29.5. The molecule has 9 heteroatoms. The van der Waals surface area contributed by atoms with Crippen LogP contribution in [0, 0.1) is 0 Å². The summed E-state index contributed by atoms with van der Waals surface area (Å²) in [6.45, 7) is 11.1. The molecule has 0 bridgehead atoms. The van der Waals surface area contributed by atoms with E-state index in [1.807, 2.05) is 10.6 Å². The van der Waals surface area contributed by atoms with Gasteiger partial charge in [-0.05, 0) is 99.1 Å². The Labute approximate surface area is 443 Å². The van der Waals surface area contributed by atoms with Crippen LogP contribution in [0.3, 0.4) is 0 Å². The van der Waals surface area contributed by atoms with Gasteiger partial charge in [0, 0.05) is 33.6 Å². The van der Waals surface area contributed by atoms with Gasteiger partial charge >= 0.3 is 11.9 Å². The number of aromatic carboxylic acids is 2. The summed E-state index contributed by atoms with van der Waals surface area (Å²) in [5.41, 5.74) is 1.98. The molecule has 74 heavy (non-hydrogen) atoms. The van der Waals surface area contributed by atoms with Gasteiger partial charge < -0.3 is 24.7 Å². The van der Waals surface area contributed by atoms with Crippen LogP contribution in [0.2, 0.25) is 0 Å². The van der Waals surface area contributed by atoms with Crippen LogP contribution in [0.4, 0.5) is 0 Å². The van der Waals surface area contributed by atoms with Crippen LogP contribution in [0.15, 0.2) is 88.5 Å². The van der Waals surface area contributed by atoms with Gasteiger partial charge in [-0.25, -0.2) is 9.59 Å². The predicted molar refractivity (Wildman–Crippen MR) is 313 cm³/mol. The molecule has 0 spiro atoms. The second-order valence-electron chi connectivity index (χ2n) is 21.3. The first-order chi connectivity index (χ1) is 36.2. The Balaban J connectivity index is 0.000000274. The van der Waals surface area contributed by atoms with Crippen molar-refractivity contribution >= 4 is 55.6 Å².